The number of nitrogens with zero attached hydrogens (tertiary/aromatic N) is 2. The van der Waals surface area contributed by atoms with E-state index in [0.717, 1.165) is 30.8 Å². The van der Waals surface area contributed by atoms with Crippen LogP contribution in [-0.4, -0.2) is 29.0 Å². The van der Waals surface area contributed by atoms with Gasteiger partial charge >= 0.3 is 0 Å². The van der Waals surface area contributed by atoms with Crippen LogP contribution in [0.4, 0.5) is 0 Å². The van der Waals surface area contributed by atoms with Gasteiger partial charge in [-0.25, -0.2) is 0 Å². The van der Waals surface area contributed by atoms with Crippen molar-refractivity contribution in [3.05, 3.63) is 42.1 Å². The molecule has 1 aliphatic rings. The van der Waals surface area contributed by atoms with Crippen LogP contribution in [0.3, 0.4) is 0 Å². The molecule has 3 heteroatoms. The minimum Gasteiger partial charge on any atom is -0.329 e. The van der Waals surface area contributed by atoms with Crippen molar-refractivity contribution in [2.24, 2.45) is 5.73 Å². The molecule has 20 heavy (non-hydrogen) atoms. The predicted molar refractivity (Wildman–Crippen MR) is 83.5 cm³/mol. The number of rotatable bonds is 3. The summed E-state index contributed by atoms with van der Waals surface area (Å²) in [7, 11) is 0. The number of likely N-dealkylation sites (tertiary alicyclic amines) is 1. The molecular formula is C17H23N3. The topological polar surface area (TPSA) is 42.1 Å². The van der Waals surface area contributed by atoms with Crippen molar-refractivity contribution >= 4 is 10.9 Å². The van der Waals surface area contributed by atoms with Gasteiger partial charge in [-0.15, -0.1) is 0 Å². The molecule has 1 atom stereocenters. The fourth-order valence-electron chi connectivity index (χ4n) is 3.12. The van der Waals surface area contributed by atoms with Gasteiger partial charge in [0.25, 0.3) is 0 Å². The average Bonchev–Trinajstić information content (AvgIpc) is 2.72. The second-order valence-corrected chi connectivity index (χ2v) is 5.70. The van der Waals surface area contributed by atoms with Crippen molar-refractivity contribution < 1.29 is 0 Å². The van der Waals surface area contributed by atoms with Crippen LogP contribution in [0.25, 0.3) is 10.9 Å². The first-order chi connectivity index (χ1) is 9.86. The molecule has 0 spiro atoms. The van der Waals surface area contributed by atoms with Gasteiger partial charge in [-0.05, 0) is 31.5 Å². The SMILES string of the molecule is NCC1CCCCCN1Cc1ccc2ccccc2n1. The molecule has 3 rings (SSSR count). The highest BCUT2D eigenvalue weighted by Crippen LogP contribution is 2.19. The van der Waals surface area contributed by atoms with Crippen molar-refractivity contribution in [3.63, 3.8) is 0 Å². The molecule has 1 unspecified atom stereocenters. The lowest BCUT2D eigenvalue weighted by Gasteiger charge is -2.28. The molecular weight excluding hydrogens is 246 g/mol. The molecule has 0 aliphatic carbocycles. The number of fused-ring (bicyclic) bond motifs is 1. The van der Waals surface area contributed by atoms with Gasteiger partial charge in [-0.2, -0.15) is 0 Å². The lowest BCUT2D eigenvalue weighted by atomic mass is 10.1. The summed E-state index contributed by atoms with van der Waals surface area (Å²) in [6.45, 7) is 2.83. The normalized spacial score (nSPS) is 20.9. The Hall–Kier alpha value is -1.45. The monoisotopic (exact) mass is 269 g/mol. The number of aromatic nitrogens is 1. The third-order valence-electron chi connectivity index (χ3n) is 4.29. The number of hydrogen-bond donors (Lipinski definition) is 1. The van der Waals surface area contributed by atoms with E-state index in [1.54, 1.807) is 0 Å². The third-order valence-corrected chi connectivity index (χ3v) is 4.29. The van der Waals surface area contributed by atoms with Crippen molar-refractivity contribution in [2.75, 3.05) is 13.1 Å². The molecule has 0 radical (unpaired) electrons. The molecule has 2 N–H and O–H groups in total. The van der Waals surface area contributed by atoms with Crippen LogP contribution in [0.2, 0.25) is 0 Å². The molecule has 2 aromatic rings. The molecule has 1 aromatic carbocycles. The van der Waals surface area contributed by atoms with Gasteiger partial charge in [0, 0.05) is 24.5 Å². The van der Waals surface area contributed by atoms with Crippen molar-refractivity contribution in [1.82, 2.24) is 9.88 Å². The Bertz CT molecular complexity index is 567. The fraction of sp³-hybridized carbons (Fsp3) is 0.471. The second-order valence-electron chi connectivity index (χ2n) is 5.70. The fourth-order valence-corrected chi connectivity index (χ4v) is 3.12. The van der Waals surface area contributed by atoms with Crippen LogP contribution in [-0.2, 0) is 6.54 Å². The Morgan fingerprint density at radius 3 is 2.90 bits per heavy atom. The summed E-state index contributed by atoms with van der Waals surface area (Å²) in [6, 6.07) is 13.2. The summed E-state index contributed by atoms with van der Waals surface area (Å²) in [6.07, 6.45) is 5.15. The van der Waals surface area contributed by atoms with E-state index in [4.69, 9.17) is 10.7 Å². The number of hydrogen-bond acceptors (Lipinski definition) is 3. The Morgan fingerprint density at radius 1 is 1.10 bits per heavy atom. The van der Waals surface area contributed by atoms with Gasteiger partial charge in [0.2, 0.25) is 0 Å². The first kappa shape index (κ1) is 13.5. The van der Waals surface area contributed by atoms with E-state index in [2.05, 4.69) is 35.2 Å². The summed E-state index contributed by atoms with van der Waals surface area (Å²) in [5.41, 5.74) is 8.19. The van der Waals surface area contributed by atoms with Crippen LogP contribution < -0.4 is 5.73 Å². The first-order valence-electron chi connectivity index (χ1n) is 7.65. The minimum absolute atomic E-state index is 0.519. The van der Waals surface area contributed by atoms with E-state index >= 15 is 0 Å². The standard InChI is InChI=1S/C17H23N3/c18-12-16-7-2-1-5-11-20(16)13-15-10-9-14-6-3-4-8-17(14)19-15/h3-4,6,8-10,16H,1-2,5,7,11-13,18H2. The second kappa shape index (κ2) is 6.33. The summed E-state index contributed by atoms with van der Waals surface area (Å²) in [5.74, 6) is 0. The zero-order valence-corrected chi connectivity index (χ0v) is 12.0. The average molecular weight is 269 g/mol. The predicted octanol–water partition coefficient (Wildman–Crippen LogP) is 2.94. The van der Waals surface area contributed by atoms with Gasteiger partial charge in [0.05, 0.1) is 11.2 Å². The number of nitrogens with two attached hydrogens (primary N) is 1. The van der Waals surface area contributed by atoms with Crippen LogP contribution >= 0.6 is 0 Å². The Kier molecular flexibility index (Phi) is 4.28. The van der Waals surface area contributed by atoms with E-state index in [1.165, 1.54) is 31.1 Å². The number of pyridine rings is 1. The molecule has 1 aromatic heterocycles. The Balaban J connectivity index is 1.80. The van der Waals surface area contributed by atoms with E-state index in [9.17, 15) is 0 Å². The first-order valence-corrected chi connectivity index (χ1v) is 7.65. The molecule has 106 valence electrons. The summed E-state index contributed by atoms with van der Waals surface area (Å²) < 4.78 is 0. The molecule has 1 saturated heterocycles. The highest BCUT2D eigenvalue weighted by atomic mass is 15.2. The third kappa shape index (κ3) is 3.00. The van der Waals surface area contributed by atoms with Crippen LogP contribution in [0.15, 0.2) is 36.4 Å². The van der Waals surface area contributed by atoms with E-state index in [0.29, 0.717) is 6.04 Å². The molecule has 1 aliphatic heterocycles. The smallest absolute Gasteiger partial charge is 0.0705 e. The highest BCUT2D eigenvalue weighted by Gasteiger charge is 2.20. The van der Waals surface area contributed by atoms with Crippen LogP contribution in [0.1, 0.15) is 31.4 Å². The Labute approximate surface area is 120 Å². The number of para-hydroxylation sites is 1. The highest BCUT2D eigenvalue weighted by molar-refractivity contribution is 5.78. The maximum atomic E-state index is 5.95. The van der Waals surface area contributed by atoms with Gasteiger partial charge in [-0.1, -0.05) is 37.1 Å². The zero-order valence-electron chi connectivity index (χ0n) is 12.0. The van der Waals surface area contributed by atoms with E-state index in [1.807, 2.05) is 6.07 Å². The maximum Gasteiger partial charge on any atom is 0.0705 e. The molecule has 0 saturated carbocycles. The summed E-state index contributed by atoms with van der Waals surface area (Å²) in [4.78, 5) is 7.30. The van der Waals surface area contributed by atoms with Gasteiger partial charge < -0.3 is 5.73 Å². The van der Waals surface area contributed by atoms with Crippen molar-refractivity contribution in [2.45, 2.75) is 38.3 Å². The summed E-state index contributed by atoms with van der Waals surface area (Å²) >= 11 is 0. The van der Waals surface area contributed by atoms with Gasteiger partial charge in [0.15, 0.2) is 0 Å². The zero-order chi connectivity index (χ0) is 13.8. The van der Waals surface area contributed by atoms with Crippen LogP contribution in [0, 0.1) is 0 Å². The molecule has 1 fully saturated rings. The summed E-state index contributed by atoms with van der Waals surface area (Å²) in [5, 5.41) is 1.21. The van der Waals surface area contributed by atoms with Crippen LogP contribution in [0.5, 0.6) is 0 Å². The minimum atomic E-state index is 0.519. The Morgan fingerprint density at radius 2 is 2.00 bits per heavy atom. The molecule has 0 bridgehead atoms. The largest absolute Gasteiger partial charge is 0.329 e. The van der Waals surface area contributed by atoms with Gasteiger partial charge in [0.1, 0.15) is 0 Å². The van der Waals surface area contributed by atoms with E-state index in [-0.39, 0.29) is 0 Å². The quantitative estimate of drug-likeness (QED) is 0.931. The van der Waals surface area contributed by atoms with E-state index < -0.39 is 0 Å². The molecule has 2 heterocycles. The van der Waals surface area contributed by atoms with Crippen molar-refractivity contribution in [3.8, 4) is 0 Å². The molecule has 3 nitrogen and oxygen atoms in total. The lowest BCUT2D eigenvalue weighted by molar-refractivity contribution is 0.193. The molecule has 0 amide bonds. The lowest BCUT2D eigenvalue weighted by Crippen LogP contribution is -2.39. The number of benzene rings is 1. The maximum absolute atomic E-state index is 5.95. The van der Waals surface area contributed by atoms with Gasteiger partial charge in [-0.3, -0.25) is 9.88 Å². The van der Waals surface area contributed by atoms with Crippen molar-refractivity contribution in [1.29, 1.82) is 0 Å².